The van der Waals surface area contributed by atoms with Crippen LogP contribution in [0.4, 0.5) is 10.5 Å². The zero-order chi connectivity index (χ0) is 26.1. The highest BCUT2D eigenvalue weighted by molar-refractivity contribution is 14.1. The molecule has 1 N–H and O–H groups in total. The van der Waals surface area contributed by atoms with Crippen LogP contribution in [0.1, 0.15) is 23.6 Å². The summed E-state index contributed by atoms with van der Waals surface area (Å²) in [5, 5.41) is 2.27. The van der Waals surface area contributed by atoms with Crippen molar-refractivity contribution in [2.24, 2.45) is 0 Å². The van der Waals surface area contributed by atoms with Gasteiger partial charge in [-0.2, -0.15) is 0 Å². The van der Waals surface area contributed by atoms with Gasteiger partial charge in [-0.1, -0.05) is 25.1 Å². The predicted octanol–water partition coefficient (Wildman–Crippen LogP) is 5.43. The highest BCUT2D eigenvalue weighted by Crippen LogP contribution is 2.34. The van der Waals surface area contributed by atoms with Crippen LogP contribution in [0, 0.1) is 7.14 Å². The standard InChI is InChI=1S/C27H20I2N2O6/c1-2-15-3-6-18(7-4-15)31-26(33)19(25(32)30-27(31)34)9-17-10-20(28)24(21(29)11-17)35-13-16-5-8-22-23(12-16)37-14-36-22/h3-12H,2,13-14H2,1H3,(H,30,32,34)/b19-9-. The largest absolute Gasteiger partial charge is 0.487 e. The lowest BCUT2D eigenvalue weighted by atomic mass is 10.1. The lowest BCUT2D eigenvalue weighted by Crippen LogP contribution is -2.54. The number of urea groups is 1. The fourth-order valence-electron chi connectivity index (χ4n) is 3.93. The summed E-state index contributed by atoms with van der Waals surface area (Å²) < 4.78 is 18.5. The van der Waals surface area contributed by atoms with Gasteiger partial charge < -0.3 is 14.2 Å². The summed E-state index contributed by atoms with van der Waals surface area (Å²) in [5.41, 5.74) is 2.92. The van der Waals surface area contributed by atoms with Gasteiger partial charge in [-0.05, 0) is 111 Å². The van der Waals surface area contributed by atoms with Crippen LogP contribution in [-0.2, 0) is 22.6 Å². The number of imide groups is 2. The minimum atomic E-state index is -0.771. The SMILES string of the molecule is CCc1ccc(N2C(=O)NC(=O)/C(=C/c3cc(I)c(OCc4ccc5c(c4)OCO5)c(I)c3)C2=O)cc1. The summed E-state index contributed by atoms with van der Waals surface area (Å²) in [6.45, 7) is 2.56. The molecule has 0 saturated carbocycles. The Hall–Kier alpha value is -3.13. The molecule has 2 heterocycles. The highest BCUT2D eigenvalue weighted by Gasteiger charge is 2.36. The maximum absolute atomic E-state index is 13.2. The van der Waals surface area contributed by atoms with Crippen molar-refractivity contribution in [3.63, 3.8) is 0 Å². The number of carbonyl (C=O) groups is 3. The van der Waals surface area contributed by atoms with Gasteiger partial charge >= 0.3 is 6.03 Å². The molecule has 10 heteroatoms. The van der Waals surface area contributed by atoms with Crippen molar-refractivity contribution in [3.05, 3.63) is 84.0 Å². The molecule has 0 atom stereocenters. The third kappa shape index (κ3) is 5.30. The van der Waals surface area contributed by atoms with E-state index in [-0.39, 0.29) is 12.4 Å². The van der Waals surface area contributed by atoms with Crippen LogP contribution < -0.4 is 24.4 Å². The van der Waals surface area contributed by atoms with E-state index in [0.29, 0.717) is 35.1 Å². The average molecular weight is 722 g/mol. The van der Waals surface area contributed by atoms with Crippen LogP contribution in [-0.4, -0.2) is 24.6 Å². The van der Waals surface area contributed by atoms with E-state index < -0.39 is 17.8 Å². The fraction of sp³-hybridized carbons (Fsp3) is 0.148. The maximum Gasteiger partial charge on any atom is 0.335 e. The molecule has 37 heavy (non-hydrogen) atoms. The number of hydrogen-bond acceptors (Lipinski definition) is 6. The van der Waals surface area contributed by atoms with E-state index in [1.807, 2.05) is 49.4 Å². The second-order valence-electron chi connectivity index (χ2n) is 8.27. The zero-order valence-corrected chi connectivity index (χ0v) is 23.9. The second-order valence-corrected chi connectivity index (χ2v) is 10.6. The number of amides is 4. The van der Waals surface area contributed by atoms with Gasteiger partial charge in [0.25, 0.3) is 11.8 Å². The van der Waals surface area contributed by atoms with Crippen molar-refractivity contribution < 1.29 is 28.6 Å². The lowest BCUT2D eigenvalue weighted by Gasteiger charge is -2.26. The molecule has 3 aromatic rings. The minimum Gasteiger partial charge on any atom is -0.487 e. The lowest BCUT2D eigenvalue weighted by molar-refractivity contribution is -0.122. The molecule has 0 bridgehead atoms. The number of halogens is 2. The number of ether oxygens (including phenoxy) is 3. The Balaban J connectivity index is 1.37. The smallest absolute Gasteiger partial charge is 0.335 e. The Labute approximate surface area is 240 Å². The zero-order valence-electron chi connectivity index (χ0n) is 19.5. The number of aryl methyl sites for hydroxylation is 1. The summed E-state index contributed by atoms with van der Waals surface area (Å²) in [6.07, 6.45) is 2.32. The summed E-state index contributed by atoms with van der Waals surface area (Å²) >= 11 is 4.32. The number of hydrogen-bond donors (Lipinski definition) is 1. The van der Waals surface area contributed by atoms with Crippen LogP contribution >= 0.6 is 45.2 Å². The Bertz CT molecular complexity index is 1430. The molecule has 2 aliphatic rings. The molecule has 0 unspecified atom stereocenters. The van der Waals surface area contributed by atoms with Gasteiger partial charge in [0.2, 0.25) is 6.79 Å². The first-order chi connectivity index (χ1) is 17.8. The number of fused-ring (bicyclic) bond motifs is 1. The van der Waals surface area contributed by atoms with E-state index in [9.17, 15) is 14.4 Å². The predicted molar refractivity (Wildman–Crippen MR) is 154 cm³/mol. The van der Waals surface area contributed by atoms with Gasteiger partial charge in [0.15, 0.2) is 11.5 Å². The van der Waals surface area contributed by atoms with E-state index in [1.54, 1.807) is 12.1 Å². The molecule has 4 amide bonds. The van der Waals surface area contributed by atoms with Crippen molar-refractivity contribution in [3.8, 4) is 17.2 Å². The molecule has 1 saturated heterocycles. The summed E-state index contributed by atoms with van der Waals surface area (Å²) in [6, 6.07) is 15.6. The first-order valence-electron chi connectivity index (χ1n) is 11.3. The molecular weight excluding hydrogens is 702 g/mol. The Morgan fingerprint density at radius 1 is 0.946 bits per heavy atom. The topological polar surface area (TPSA) is 94.2 Å². The summed E-state index contributed by atoms with van der Waals surface area (Å²) in [7, 11) is 0. The molecule has 3 aromatic carbocycles. The van der Waals surface area contributed by atoms with Crippen LogP contribution in [0.5, 0.6) is 17.2 Å². The van der Waals surface area contributed by atoms with Gasteiger partial charge in [0.05, 0.1) is 12.8 Å². The van der Waals surface area contributed by atoms with Gasteiger partial charge in [0.1, 0.15) is 17.9 Å². The minimum absolute atomic E-state index is 0.125. The van der Waals surface area contributed by atoms with Crippen LogP contribution in [0.15, 0.2) is 60.2 Å². The van der Waals surface area contributed by atoms with E-state index in [4.69, 9.17) is 14.2 Å². The molecule has 8 nitrogen and oxygen atoms in total. The first kappa shape index (κ1) is 25.5. The maximum atomic E-state index is 13.2. The fourth-order valence-corrected chi connectivity index (χ4v) is 6.05. The van der Waals surface area contributed by atoms with Gasteiger partial charge in [-0.3, -0.25) is 14.9 Å². The summed E-state index contributed by atoms with van der Waals surface area (Å²) in [5.74, 6) is 0.686. The monoisotopic (exact) mass is 722 g/mol. The number of carbonyl (C=O) groups excluding carboxylic acids is 3. The number of anilines is 1. The molecule has 0 radical (unpaired) electrons. The van der Waals surface area contributed by atoms with Gasteiger partial charge in [-0.15, -0.1) is 0 Å². The van der Waals surface area contributed by atoms with Crippen molar-refractivity contribution in [2.75, 3.05) is 11.7 Å². The van der Waals surface area contributed by atoms with E-state index in [2.05, 4.69) is 50.5 Å². The van der Waals surface area contributed by atoms with Crippen LogP contribution in [0.2, 0.25) is 0 Å². The third-order valence-corrected chi connectivity index (χ3v) is 7.46. The van der Waals surface area contributed by atoms with Crippen LogP contribution in [0.25, 0.3) is 6.08 Å². The molecule has 2 aliphatic heterocycles. The van der Waals surface area contributed by atoms with Crippen molar-refractivity contribution in [2.45, 2.75) is 20.0 Å². The third-order valence-electron chi connectivity index (χ3n) is 5.86. The van der Waals surface area contributed by atoms with E-state index in [0.717, 1.165) is 29.6 Å². The Kier molecular flexibility index (Phi) is 7.38. The molecule has 0 spiro atoms. The molecule has 0 aliphatic carbocycles. The molecule has 188 valence electrons. The van der Waals surface area contributed by atoms with E-state index in [1.165, 1.54) is 6.08 Å². The highest BCUT2D eigenvalue weighted by atomic mass is 127. The van der Waals surface area contributed by atoms with Gasteiger partial charge in [-0.25, -0.2) is 9.69 Å². The van der Waals surface area contributed by atoms with E-state index >= 15 is 0 Å². The average Bonchev–Trinajstić information content (AvgIpc) is 3.34. The molecule has 0 aromatic heterocycles. The quantitative estimate of drug-likeness (QED) is 0.207. The molecular formula is C27H20I2N2O6. The number of nitrogens with one attached hydrogen (secondary N) is 1. The number of benzene rings is 3. The van der Waals surface area contributed by atoms with Crippen molar-refractivity contribution in [1.82, 2.24) is 5.32 Å². The van der Waals surface area contributed by atoms with Crippen molar-refractivity contribution >= 4 is 74.8 Å². The first-order valence-corrected chi connectivity index (χ1v) is 13.5. The number of nitrogens with zero attached hydrogens (tertiary/aromatic N) is 1. The normalized spacial score (nSPS) is 15.8. The van der Waals surface area contributed by atoms with Gasteiger partial charge in [0, 0.05) is 0 Å². The second kappa shape index (κ2) is 10.7. The molecule has 5 rings (SSSR count). The molecule has 1 fully saturated rings. The Morgan fingerprint density at radius 3 is 2.32 bits per heavy atom. The van der Waals surface area contributed by atoms with Crippen LogP contribution in [0.3, 0.4) is 0 Å². The summed E-state index contributed by atoms with van der Waals surface area (Å²) in [4.78, 5) is 39.3. The Morgan fingerprint density at radius 2 is 1.62 bits per heavy atom. The number of barbiturate groups is 1. The van der Waals surface area contributed by atoms with Crippen molar-refractivity contribution in [1.29, 1.82) is 0 Å². The number of rotatable bonds is 6.